The Hall–Kier alpha value is -1.84. The van der Waals surface area contributed by atoms with Crippen molar-refractivity contribution in [3.8, 4) is 0 Å². The van der Waals surface area contributed by atoms with Gasteiger partial charge in [-0.05, 0) is 86.6 Å². The van der Waals surface area contributed by atoms with E-state index in [1.807, 2.05) is 0 Å². The van der Waals surface area contributed by atoms with E-state index in [4.69, 9.17) is 4.74 Å². The van der Waals surface area contributed by atoms with Crippen LogP contribution in [0.25, 0.3) is 11.0 Å². The lowest BCUT2D eigenvalue weighted by molar-refractivity contribution is -0.663. The number of imidazole rings is 1. The highest BCUT2D eigenvalue weighted by molar-refractivity contribution is 5.71. The Kier molecular flexibility index (Phi) is 8.06. The normalized spacial score (nSPS) is 21.2. The van der Waals surface area contributed by atoms with Gasteiger partial charge in [-0.3, -0.25) is 0 Å². The van der Waals surface area contributed by atoms with Gasteiger partial charge in [0, 0.05) is 0 Å². The summed E-state index contributed by atoms with van der Waals surface area (Å²) in [6, 6.07) is 13.3. The first-order chi connectivity index (χ1) is 14.8. The number of halogens is 1. The molecule has 0 amide bonds. The fourth-order valence-corrected chi connectivity index (χ4v) is 5.43. The summed E-state index contributed by atoms with van der Waals surface area (Å²) in [6.45, 7) is 15.2. The van der Waals surface area contributed by atoms with Crippen molar-refractivity contribution < 1.29 is 21.7 Å². The summed E-state index contributed by atoms with van der Waals surface area (Å²) >= 11 is 0. The van der Waals surface area contributed by atoms with Crippen LogP contribution in [0, 0.1) is 38.5 Å². The molecule has 1 aromatic heterocycles. The Labute approximate surface area is 200 Å². The summed E-state index contributed by atoms with van der Waals surface area (Å²) in [4.78, 5) is 0. The zero-order chi connectivity index (χ0) is 22.1. The van der Waals surface area contributed by atoms with Crippen LogP contribution < -0.4 is 17.0 Å². The molecule has 0 saturated heterocycles. The predicted octanol–water partition coefficient (Wildman–Crippen LogP) is 3.34. The highest BCUT2D eigenvalue weighted by Gasteiger charge is 2.30. The van der Waals surface area contributed by atoms with Crippen LogP contribution in [0.2, 0.25) is 0 Å². The molecule has 1 fully saturated rings. The number of ether oxygens (including phenoxy) is 1. The molecule has 0 N–H and O–H groups in total. The first-order valence-electron chi connectivity index (χ1n) is 12.0. The van der Waals surface area contributed by atoms with E-state index in [0.29, 0.717) is 18.8 Å². The van der Waals surface area contributed by atoms with E-state index in [0.717, 1.165) is 18.4 Å². The maximum absolute atomic E-state index is 6.55. The molecule has 1 heterocycles. The van der Waals surface area contributed by atoms with Gasteiger partial charge in [-0.15, -0.1) is 0 Å². The smallest absolute Gasteiger partial charge is 0.246 e. The lowest BCUT2D eigenvalue weighted by Crippen LogP contribution is -3.00. The van der Waals surface area contributed by atoms with E-state index in [-0.39, 0.29) is 12.4 Å². The van der Waals surface area contributed by atoms with Crippen LogP contribution in [-0.4, -0.2) is 10.7 Å². The van der Waals surface area contributed by atoms with Gasteiger partial charge in [-0.2, -0.15) is 0 Å². The lowest BCUT2D eigenvalue weighted by Gasteiger charge is -2.35. The third kappa shape index (κ3) is 5.21. The van der Waals surface area contributed by atoms with Crippen molar-refractivity contribution in [2.24, 2.45) is 17.8 Å². The molecule has 32 heavy (non-hydrogen) atoms. The quantitative estimate of drug-likeness (QED) is 0.522. The van der Waals surface area contributed by atoms with E-state index in [9.17, 15) is 0 Å². The fraction of sp³-hybridized carbons (Fsp3) is 0.536. The van der Waals surface area contributed by atoms with E-state index in [2.05, 4.69) is 93.4 Å². The number of rotatable bonds is 6. The van der Waals surface area contributed by atoms with Crippen LogP contribution in [0.3, 0.4) is 0 Å². The van der Waals surface area contributed by atoms with Crippen molar-refractivity contribution in [1.29, 1.82) is 0 Å². The predicted molar refractivity (Wildman–Crippen MR) is 128 cm³/mol. The Morgan fingerprint density at radius 2 is 1.75 bits per heavy atom. The summed E-state index contributed by atoms with van der Waals surface area (Å²) in [7, 11) is 0. The van der Waals surface area contributed by atoms with E-state index < -0.39 is 0 Å². The van der Waals surface area contributed by atoms with Crippen molar-refractivity contribution in [2.75, 3.05) is 0 Å². The first kappa shape index (κ1) is 24.8. The van der Waals surface area contributed by atoms with Crippen molar-refractivity contribution in [3.05, 3.63) is 65.0 Å². The van der Waals surface area contributed by atoms with Crippen molar-refractivity contribution >= 4 is 11.0 Å². The first-order valence-corrected chi connectivity index (χ1v) is 12.0. The number of benzene rings is 2. The molecular formula is C28H39ClN2O. The lowest BCUT2D eigenvalue weighted by atomic mass is 9.76. The van der Waals surface area contributed by atoms with Gasteiger partial charge in [-0.25, -0.2) is 9.13 Å². The topological polar surface area (TPSA) is 18.0 Å². The molecule has 3 nitrogen and oxygen atoms in total. The molecule has 0 spiro atoms. The van der Waals surface area contributed by atoms with Gasteiger partial charge < -0.3 is 17.1 Å². The summed E-state index contributed by atoms with van der Waals surface area (Å²) < 4.78 is 11.2. The minimum Gasteiger partial charge on any atom is -1.00 e. The molecule has 2 aromatic carbocycles. The molecule has 3 aromatic rings. The van der Waals surface area contributed by atoms with Crippen LogP contribution in [0.1, 0.15) is 62.3 Å². The highest BCUT2D eigenvalue weighted by atomic mass is 35.5. The van der Waals surface area contributed by atoms with E-state index in [1.54, 1.807) is 0 Å². The molecule has 4 rings (SSSR count). The standard InChI is InChI=1S/C28H39N2O.ClH/c1-19(2)24-12-11-21(4)28(15-24)31-18-30-17-29(26-9-7-8-10-27(26)30)16-25-22(5)13-20(3)14-23(25)6;/h7-10,13-14,17,19,21,24,28H,11-12,15-16,18H2,1-6H3;1H/q+1;/p-1/t21-,24+,28-;/m0./s1. The second kappa shape index (κ2) is 10.4. The molecule has 4 heteroatoms. The van der Waals surface area contributed by atoms with Crippen LogP contribution in [0.15, 0.2) is 42.7 Å². The SMILES string of the molecule is Cc1cc(C)c(C[n+]2cn(CO[C@H]3C[C@H](C(C)C)CC[C@@H]3C)c3ccccc32)c(C)c1.[Cl-]. The molecule has 0 bridgehead atoms. The van der Waals surface area contributed by atoms with Crippen molar-refractivity contribution in [3.63, 3.8) is 0 Å². The molecule has 3 atom stereocenters. The van der Waals surface area contributed by atoms with E-state index >= 15 is 0 Å². The summed E-state index contributed by atoms with van der Waals surface area (Å²) in [6.07, 6.45) is 6.43. The Morgan fingerprint density at radius 1 is 1.06 bits per heavy atom. The van der Waals surface area contributed by atoms with Gasteiger partial charge >= 0.3 is 0 Å². The molecule has 1 aliphatic rings. The maximum atomic E-state index is 6.55. The number of fused-ring (bicyclic) bond motifs is 1. The van der Waals surface area contributed by atoms with Crippen LogP contribution in [-0.2, 0) is 18.0 Å². The van der Waals surface area contributed by atoms with Crippen LogP contribution in [0.5, 0.6) is 0 Å². The second-order valence-corrected chi connectivity index (χ2v) is 10.2. The molecule has 1 saturated carbocycles. The molecule has 174 valence electrons. The van der Waals surface area contributed by atoms with Gasteiger partial charge in [-0.1, -0.05) is 50.6 Å². The van der Waals surface area contributed by atoms with Gasteiger partial charge in [0.15, 0.2) is 17.8 Å². The Bertz CT molecular complexity index is 1030. The third-order valence-corrected chi connectivity index (χ3v) is 7.48. The molecule has 0 aliphatic heterocycles. The van der Waals surface area contributed by atoms with Gasteiger partial charge in [0.25, 0.3) is 0 Å². The number of aromatic nitrogens is 2. The van der Waals surface area contributed by atoms with Crippen LogP contribution >= 0.6 is 0 Å². The van der Waals surface area contributed by atoms with Crippen LogP contribution in [0.4, 0.5) is 0 Å². The maximum Gasteiger partial charge on any atom is 0.246 e. The molecule has 1 aliphatic carbocycles. The zero-order valence-electron chi connectivity index (χ0n) is 20.6. The van der Waals surface area contributed by atoms with Crippen molar-refractivity contribution in [2.45, 2.75) is 80.2 Å². The number of aryl methyl sites for hydroxylation is 3. The Morgan fingerprint density at radius 3 is 2.44 bits per heavy atom. The van der Waals surface area contributed by atoms with E-state index in [1.165, 1.54) is 52.5 Å². The number of hydrogen-bond donors (Lipinski definition) is 0. The monoisotopic (exact) mass is 454 g/mol. The number of nitrogens with zero attached hydrogens (tertiary/aromatic N) is 2. The average Bonchev–Trinajstić information content (AvgIpc) is 3.07. The highest BCUT2D eigenvalue weighted by Crippen LogP contribution is 2.35. The minimum absolute atomic E-state index is 0. The van der Waals surface area contributed by atoms with Gasteiger partial charge in [0.2, 0.25) is 6.33 Å². The number of para-hydroxylation sites is 2. The average molecular weight is 455 g/mol. The van der Waals surface area contributed by atoms with Gasteiger partial charge in [0.1, 0.15) is 6.54 Å². The van der Waals surface area contributed by atoms with Crippen molar-refractivity contribution in [1.82, 2.24) is 4.57 Å². The second-order valence-electron chi connectivity index (χ2n) is 10.2. The van der Waals surface area contributed by atoms with Gasteiger partial charge in [0.05, 0.1) is 6.10 Å². The molecule has 0 unspecified atom stereocenters. The Balaban J connectivity index is 0.00000289. The fourth-order valence-electron chi connectivity index (χ4n) is 5.43. The molecule has 0 radical (unpaired) electrons. The summed E-state index contributed by atoms with van der Waals surface area (Å²) in [5, 5.41) is 0. The number of hydrogen-bond acceptors (Lipinski definition) is 1. The minimum atomic E-state index is 0. The summed E-state index contributed by atoms with van der Waals surface area (Å²) in [5.41, 5.74) is 8.00. The summed E-state index contributed by atoms with van der Waals surface area (Å²) in [5.74, 6) is 2.18. The third-order valence-electron chi connectivity index (χ3n) is 7.48. The molecular weight excluding hydrogens is 416 g/mol. The zero-order valence-corrected chi connectivity index (χ0v) is 21.3. The largest absolute Gasteiger partial charge is 1.00 e.